The molecule has 3 N–H and O–H groups in total. The highest BCUT2D eigenvalue weighted by Gasteiger charge is 2.13. The summed E-state index contributed by atoms with van der Waals surface area (Å²) in [4.78, 5) is 23.9. The molecule has 0 atom stereocenters. The van der Waals surface area contributed by atoms with Crippen molar-refractivity contribution >= 4 is 34.9 Å². The first-order valence-electron chi connectivity index (χ1n) is 7.07. The van der Waals surface area contributed by atoms with E-state index in [1.54, 1.807) is 24.3 Å². The minimum atomic E-state index is -0.651. The van der Waals surface area contributed by atoms with Gasteiger partial charge < -0.3 is 20.5 Å². The van der Waals surface area contributed by atoms with Gasteiger partial charge in [0, 0.05) is 10.7 Å². The van der Waals surface area contributed by atoms with Crippen LogP contribution in [-0.2, 0) is 9.53 Å². The Morgan fingerprint density at radius 1 is 1.21 bits per heavy atom. The van der Waals surface area contributed by atoms with Crippen LogP contribution in [0.1, 0.15) is 15.9 Å². The zero-order valence-electron chi connectivity index (χ0n) is 13.3. The van der Waals surface area contributed by atoms with Crippen LogP contribution in [0.15, 0.2) is 36.4 Å². The van der Waals surface area contributed by atoms with Crippen molar-refractivity contribution in [1.82, 2.24) is 0 Å². The van der Waals surface area contributed by atoms with Gasteiger partial charge in [-0.15, -0.1) is 0 Å². The summed E-state index contributed by atoms with van der Waals surface area (Å²) in [6, 6.07) is 9.63. The summed E-state index contributed by atoms with van der Waals surface area (Å²) < 4.78 is 9.99. The van der Waals surface area contributed by atoms with Crippen LogP contribution in [0.3, 0.4) is 0 Å². The fourth-order valence-electron chi connectivity index (χ4n) is 1.99. The second-order valence-corrected chi connectivity index (χ2v) is 5.48. The normalized spacial score (nSPS) is 10.1. The number of nitrogen functional groups attached to an aromatic ring is 1. The topological polar surface area (TPSA) is 90.6 Å². The number of rotatable bonds is 5. The Labute approximate surface area is 144 Å². The molecule has 6 nitrogen and oxygen atoms in total. The third kappa shape index (κ3) is 4.39. The fraction of sp³-hybridized carbons (Fsp3) is 0.176. The maximum atomic E-state index is 12.0. The summed E-state index contributed by atoms with van der Waals surface area (Å²) in [5.41, 5.74) is 7.70. The van der Waals surface area contributed by atoms with E-state index in [1.165, 1.54) is 19.2 Å². The summed E-state index contributed by atoms with van der Waals surface area (Å²) in [5.74, 6) is -0.654. The minimum Gasteiger partial charge on any atom is -0.495 e. The van der Waals surface area contributed by atoms with E-state index >= 15 is 0 Å². The Kier molecular flexibility index (Phi) is 5.65. The Hall–Kier alpha value is -2.73. The number of anilines is 2. The smallest absolute Gasteiger partial charge is 0.338 e. The number of esters is 1. The minimum absolute atomic E-state index is 0.236. The molecule has 7 heteroatoms. The number of aryl methyl sites for hydroxylation is 1. The molecule has 0 aliphatic heterocycles. The molecule has 24 heavy (non-hydrogen) atoms. The van der Waals surface area contributed by atoms with E-state index in [0.29, 0.717) is 22.1 Å². The molecule has 1 amide bonds. The monoisotopic (exact) mass is 348 g/mol. The summed E-state index contributed by atoms with van der Waals surface area (Å²) in [5, 5.41) is 3.14. The van der Waals surface area contributed by atoms with E-state index in [0.717, 1.165) is 5.56 Å². The predicted octanol–water partition coefficient (Wildman–Crippen LogP) is 3.03. The number of hydrogen-bond acceptors (Lipinski definition) is 5. The lowest BCUT2D eigenvalue weighted by Gasteiger charge is -2.10. The van der Waals surface area contributed by atoms with Crippen LogP contribution in [0.25, 0.3) is 0 Å². The number of hydrogen-bond donors (Lipinski definition) is 2. The SMILES string of the molecule is COc1ccc(C(=O)OCC(=O)Nc2cc(Cl)ccc2C)cc1N. The van der Waals surface area contributed by atoms with Crippen molar-refractivity contribution in [3.63, 3.8) is 0 Å². The standard InChI is InChI=1S/C17H17ClN2O4/c1-10-3-5-12(18)8-14(10)20-16(21)9-24-17(22)11-4-6-15(23-2)13(19)7-11/h3-8H,9,19H2,1-2H3,(H,20,21). The number of amides is 1. The Balaban J connectivity index is 1.95. The van der Waals surface area contributed by atoms with E-state index in [4.69, 9.17) is 26.8 Å². The number of halogens is 1. The van der Waals surface area contributed by atoms with Gasteiger partial charge in [-0.3, -0.25) is 4.79 Å². The molecule has 0 spiro atoms. The lowest BCUT2D eigenvalue weighted by molar-refractivity contribution is -0.119. The highest BCUT2D eigenvalue weighted by atomic mass is 35.5. The van der Waals surface area contributed by atoms with Gasteiger partial charge in [-0.1, -0.05) is 17.7 Å². The molecule has 126 valence electrons. The predicted molar refractivity (Wildman–Crippen MR) is 92.5 cm³/mol. The van der Waals surface area contributed by atoms with E-state index in [-0.39, 0.29) is 5.56 Å². The van der Waals surface area contributed by atoms with Gasteiger partial charge in [-0.2, -0.15) is 0 Å². The second-order valence-electron chi connectivity index (χ2n) is 5.04. The molecule has 2 aromatic carbocycles. The van der Waals surface area contributed by atoms with Crippen LogP contribution in [0.2, 0.25) is 5.02 Å². The van der Waals surface area contributed by atoms with Crippen LogP contribution in [-0.4, -0.2) is 25.6 Å². The number of carbonyl (C=O) groups is 2. The largest absolute Gasteiger partial charge is 0.495 e. The molecule has 0 heterocycles. The van der Waals surface area contributed by atoms with Gasteiger partial charge in [-0.25, -0.2) is 4.79 Å². The van der Waals surface area contributed by atoms with Gasteiger partial charge in [0.2, 0.25) is 0 Å². The molecule has 0 radical (unpaired) electrons. The number of benzene rings is 2. The highest BCUT2D eigenvalue weighted by molar-refractivity contribution is 6.31. The van der Waals surface area contributed by atoms with Gasteiger partial charge in [-0.05, 0) is 42.8 Å². The van der Waals surface area contributed by atoms with E-state index in [9.17, 15) is 9.59 Å². The van der Waals surface area contributed by atoms with Gasteiger partial charge in [0.05, 0.1) is 18.4 Å². The number of nitrogens with two attached hydrogens (primary N) is 1. The van der Waals surface area contributed by atoms with Crippen molar-refractivity contribution in [1.29, 1.82) is 0 Å². The van der Waals surface area contributed by atoms with Crippen molar-refractivity contribution in [2.45, 2.75) is 6.92 Å². The van der Waals surface area contributed by atoms with Gasteiger partial charge in [0.25, 0.3) is 5.91 Å². The summed E-state index contributed by atoms with van der Waals surface area (Å²) in [6.07, 6.45) is 0. The molecule has 0 fully saturated rings. The number of nitrogens with one attached hydrogen (secondary N) is 1. The van der Waals surface area contributed by atoms with Crippen molar-refractivity contribution in [2.75, 3.05) is 24.8 Å². The molecular formula is C17H17ClN2O4. The van der Waals surface area contributed by atoms with Gasteiger partial charge in [0.15, 0.2) is 6.61 Å². The Morgan fingerprint density at radius 3 is 2.62 bits per heavy atom. The van der Waals surface area contributed by atoms with Crippen molar-refractivity contribution in [2.24, 2.45) is 0 Å². The fourth-order valence-corrected chi connectivity index (χ4v) is 2.16. The average Bonchev–Trinajstić information content (AvgIpc) is 2.56. The van der Waals surface area contributed by atoms with Crippen molar-refractivity contribution in [3.05, 3.63) is 52.5 Å². The van der Waals surface area contributed by atoms with E-state index in [1.807, 2.05) is 6.92 Å². The van der Waals surface area contributed by atoms with Crippen LogP contribution < -0.4 is 15.8 Å². The number of ether oxygens (including phenoxy) is 2. The molecule has 0 saturated heterocycles. The quantitative estimate of drug-likeness (QED) is 0.640. The summed E-state index contributed by atoms with van der Waals surface area (Å²) in [6.45, 7) is 1.41. The summed E-state index contributed by atoms with van der Waals surface area (Å²) >= 11 is 5.89. The zero-order chi connectivity index (χ0) is 17.7. The molecule has 2 rings (SSSR count). The van der Waals surface area contributed by atoms with E-state index in [2.05, 4.69) is 5.32 Å². The van der Waals surface area contributed by atoms with Crippen LogP contribution in [0.5, 0.6) is 5.75 Å². The van der Waals surface area contributed by atoms with Crippen LogP contribution >= 0.6 is 11.6 Å². The molecule has 0 unspecified atom stereocenters. The number of methoxy groups -OCH3 is 1. The third-order valence-electron chi connectivity index (χ3n) is 3.27. The first-order valence-corrected chi connectivity index (χ1v) is 7.45. The van der Waals surface area contributed by atoms with Crippen LogP contribution in [0, 0.1) is 6.92 Å². The second kappa shape index (κ2) is 7.70. The first kappa shape index (κ1) is 17.6. The molecule has 0 aliphatic carbocycles. The molecule has 0 bridgehead atoms. The Bertz CT molecular complexity index is 777. The average molecular weight is 349 g/mol. The van der Waals surface area contributed by atoms with E-state index < -0.39 is 18.5 Å². The molecular weight excluding hydrogens is 332 g/mol. The van der Waals surface area contributed by atoms with Gasteiger partial charge in [0.1, 0.15) is 5.75 Å². The lowest BCUT2D eigenvalue weighted by atomic mass is 10.2. The number of carbonyl (C=O) groups excluding carboxylic acids is 2. The first-order chi connectivity index (χ1) is 11.4. The Morgan fingerprint density at radius 2 is 1.96 bits per heavy atom. The van der Waals surface area contributed by atoms with Crippen molar-refractivity contribution < 1.29 is 19.1 Å². The maximum Gasteiger partial charge on any atom is 0.338 e. The van der Waals surface area contributed by atoms with Crippen molar-refractivity contribution in [3.8, 4) is 5.75 Å². The molecule has 0 saturated carbocycles. The molecule has 0 aliphatic rings. The zero-order valence-corrected chi connectivity index (χ0v) is 14.0. The lowest BCUT2D eigenvalue weighted by Crippen LogP contribution is -2.21. The highest BCUT2D eigenvalue weighted by Crippen LogP contribution is 2.22. The van der Waals surface area contributed by atoms with Crippen LogP contribution in [0.4, 0.5) is 11.4 Å². The molecule has 2 aromatic rings. The summed E-state index contributed by atoms with van der Waals surface area (Å²) in [7, 11) is 1.48. The molecule has 0 aromatic heterocycles. The van der Waals surface area contributed by atoms with Gasteiger partial charge >= 0.3 is 5.97 Å². The maximum absolute atomic E-state index is 12.0. The third-order valence-corrected chi connectivity index (χ3v) is 3.51.